The topological polar surface area (TPSA) is 52.3 Å². The van der Waals surface area contributed by atoms with Gasteiger partial charge in [0.05, 0.1) is 23.4 Å². The monoisotopic (exact) mass is 353 g/mol. The summed E-state index contributed by atoms with van der Waals surface area (Å²) >= 11 is 3.29. The van der Waals surface area contributed by atoms with Gasteiger partial charge in [0.25, 0.3) is 0 Å². The average Bonchev–Trinajstić information content (AvgIpc) is 2.90. The van der Waals surface area contributed by atoms with Crippen molar-refractivity contribution in [1.29, 1.82) is 0 Å². The third kappa shape index (κ3) is 2.29. The molecule has 2 aromatic carbocycles. The zero-order valence-electron chi connectivity index (χ0n) is 10.8. The summed E-state index contributed by atoms with van der Waals surface area (Å²) in [5.41, 5.74) is 5.44. The number of halogens is 3. The number of ketones is 1. The van der Waals surface area contributed by atoms with Crippen LogP contribution in [0.1, 0.15) is 21.5 Å². The highest BCUT2D eigenvalue weighted by atomic mass is 79.9. The Balaban J connectivity index is 2.19. The molecule has 0 radical (unpaired) electrons. The zero-order valence-corrected chi connectivity index (χ0v) is 12.3. The lowest BCUT2D eigenvalue weighted by Gasteiger charge is -2.10. The van der Waals surface area contributed by atoms with E-state index in [1.165, 1.54) is 6.07 Å². The highest BCUT2D eigenvalue weighted by Gasteiger charge is 2.27. The van der Waals surface area contributed by atoms with Gasteiger partial charge in [0.15, 0.2) is 5.82 Å². The number of hydrogen-bond acceptors (Lipinski definition) is 3. The second-order valence-electron chi connectivity index (χ2n) is 4.69. The van der Waals surface area contributed by atoms with Crippen molar-refractivity contribution < 1.29 is 18.3 Å². The first-order chi connectivity index (χ1) is 9.99. The minimum atomic E-state index is -1.05. The van der Waals surface area contributed by atoms with Gasteiger partial charge in [-0.2, -0.15) is 0 Å². The maximum atomic E-state index is 14.0. The van der Waals surface area contributed by atoms with E-state index < -0.39 is 23.0 Å². The van der Waals surface area contributed by atoms with Crippen molar-refractivity contribution >= 4 is 27.4 Å². The molecule has 0 fully saturated rings. The molecule has 0 atom stereocenters. The Labute approximate surface area is 127 Å². The minimum absolute atomic E-state index is 0.125. The summed E-state index contributed by atoms with van der Waals surface area (Å²) in [5, 5.41) is 0. The SMILES string of the molecule is Nc1ccc(F)c(C(=O)c2cc(Br)cc3c2OCC3)c1F. The summed E-state index contributed by atoms with van der Waals surface area (Å²) in [4.78, 5) is 12.5. The molecule has 21 heavy (non-hydrogen) atoms. The molecule has 2 N–H and O–H groups in total. The van der Waals surface area contributed by atoms with Gasteiger partial charge in [0.2, 0.25) is 5.78 Å². The molecule has 2 aromatic rings. The van der Waals surface area contributed by atoms with Crippen molar-refractivity contribution in [2.75, 3.05) is 12.3 Å². The fourth-order valence-corrected chi connectivity index (χ4v) is 2.85. The van der Waals surface area contributed by atoms with Gasteiger partial charge in [-0.15, -0.1) is 0 Å². The highest BCUT2D eigenvalue weighted by Crippen LogP contribution is 2.35. The molecule has 3 nitrogen and oxygen atoms in total. The van der Waals surface area contributed by atoms with E-state index in [4.69, 9.17) is 10.5 Å². The Morgan fingerprint density at radius 1 is 1.29 bits per heavy atom. The summed E-state index contributed by atoms with van der Waals surface area (Å²) < 4.78 is 33.9. The van der Waals surface area contributed by atoms with Gasteiger partial charge >= 0.3 is 0 Å². The first-order valence-corrected chi connectivity index (χ1v) is 7.01. The summed E-state index contributed by atoms with van der Waals surface area (Å²) in [6.07, 6.45) is 0.650. The van der Waals surface area contributed by atoms with E-state index >= 15 is 0 Å². The van der Waals surface area contributed by atoms with Crippen molar-refractivity contribution in [1.82, 2.24) is 0 Å². The van der Waals surface area contributed by atoms with Gasteiger partial charge in [0, 0.05) is 10.9 Å². The number of nitrogen functional groups attached to an aromatic ring is 1. The second-order valence-corrected chi connectivity index (χ2v) is 5.61. The van der Waals surface area contributed by atoms with Gasteiger partial charge in [-0.3, -0.25) is 4.79 Å². The predicted octanol–water partition coefficient (Wildman–Crippen LogP) is 3.48. The first-order valence-electron chi connectivity index (χ1n) is 6.22. The molecule has 1 heterocycles. The lowest BCUT2D eigenvalue weighted by atomic mass is 9.98. The number of ether oxygens (including phenoxy) is 1. The molecule has 0 aliphatic carbocycles. The lowest BCUT2D eigenvalue weighted by Crippen LogP contribution is -2.11. The lowest BCUT2D eigenvalue weighted by molar-refractivity contribution is 0.102. The van der Waals surface area contributed by atoms with Crippen LogP contribution in [0.2, 0.25) is 0 Å². The Kier molecular flexibility index (Phi) is 3.41. The fourth-order valence-electron chi connectivity index (χ4n) is 2.35. The molecule has 0 saturated carbocycles. The van der Waals surface area contributed by atoms with Gasteiger partial charge in [-0.1, -0.05) is 15.9 Å². The Hall–Kier alpha value is -1.95. The quantitative estimate of drug-likeness (QED) is 0.664. The van der Waals surface area contributed by atoms with Crippen molar-refractivity contribution in [3.63, 3.8) is 0 Å². The average molecular weight is 354 g/mol. The molecule has 0 spiro atoms. The van der Waals surface area contributed by atoms with Crippen molar-refractivity contribution in [3.8, 4) is 5.75 Å². The van der Waals surface area contributed by atoms with E-state index in [0.29, 0.717) is 23.2 Å². The maximum Gasteiger partial charge on any atom is 0.202 e. The van der Waals surface area contributed by atoms with E-state index in [1.807, 2.05) is 6.07 Å². The molecule has 0 unspecified atom stereocenters. The van der Waals surface area contributed by atoms with Crippen LogP contribution in [-0.4, -0.2) is 12.4 Å². The van der Waals surface area contributed by atoms with Crippen LogP contribution in [0, 0.1) is 11.6 Å². The number of hydrogen-bond donors (Lipinski definition) is 1. The summed E-state index contributed by atoms with van der Waals surface area (Å²) in [7, 11) is 0. The standard InChI is InChI=1S/C15H10BrF2NO2/c16-8-5-7-3-4-21-15(7)9(6-8)14(20)12-10(17)1-2-11(19)13(12)18/h1-2,5-6H,3-4,19H2. The number of nitrogens with two attached hydrogens (primary N) is 1. The smallest absolute Gasteiger partial charge is 0.202 e. The Morgan fingerprint density at radius 3 is 2.81 bits per heavy atom. The van der Waals surface area contributed by atoms with E-state index in [9.17, 15) is 13.6 Å². The van der Waals surface area contributed by atoms with Crippen molar-refractivity contribution in [3.05, 3.63) is 57.1 Å². The van der Waals surface area contributed by atoms with Gasteiger partial charge < -0.3 is 10.5 Å². The molecule has 0 amide bonds. The van der Waals surface area contributed by atoms with Crippen LogP contribution in [0.25, 0.3) is 0 Å². The molecule has 6 heteroatoms. The second kappa shape index (κ2) is 5.11. The fraction of sp³-hybridized carbons (Fsp3) is 0.133. The van der Waals surface area contributed by atoms with E-state index in [0.717, 1.165) is 17.7 Å². The van der Waals surface area contributed by atoms with Crippen molar-refractivity contribution in [2.45, 2.75) is 6.42 Å². The van der Waals surface area contributed by atoms with E-state index in [1.54, 1.807) is 0 Å². The number of rotatable bonds is 2. The van der Waals surface area contributed by atoms with Crippen LogP contribution in [0.15, 0.2) is 28.7 Å². The number of benzene rings is 2. The molecule has 0 saturated heterocycles. The molecule has 0 bridgehead atoms. The number of anilines is 1. The molecular weight excluding hydrogens is 344 g/mol. The van der Waals surface area contributed by atoms with Crippen molar-refractivity contribution in [2.24, 2.45) is 0 Å². The number of carbonyl (C=O) groups excluding carboxylic acids is 1. The van der Waals surface area contributed by atoms with E-state index in [2.05, 4.69) is 15.9 Å². The third-order valence-electron chi connectivity index (χ3n) is 3.34. The summed E-state index contributed by atoms with van der Waals surface area (Å²) in [6, 6.07) is 5.38. The molecule has 1 aliphatic heterocycles. The number of carbonyl (C=O) groups is 1. The predicted molar refractivity (Wildman–Crippen MR) is 77.5 cm³/mol. The zero-order chi connectivity index (χ0) is 15.1. The Bertz CT molecular complexity index is 762. The van der Waals surface area contributed by atoms with Crippen LogP contribution in [0.5, 0.6) is 5.75 Å². The summed E-state index contributed by atoms with van der Waals surface area (Å²) in [6.45, 7) is 0.438. The maximum absolute atomic E-state index is 14.0. The Morgan fingerprint density at radius 2 is 2.05 bits per heavy atom. The summed E-state index contributed by atoms with van der Waals surface area (Å²) in [5.74, 6) is -2.40. The highest BCUT2D eigenvalue weighted by molar-refractivity contribution is 9.10. The van der Waals surface area contributed by atoms with Crippen LogP contribution >= 0.6 is 15.9 Å². The van der Waals surface area contributed by atoms with Crippen LogP contribution in [0.4, 0.5) is 14.5 Å². The van der Waals surface area contributed by atoms with Gasteiger partial charge in [0.1, 0.15) is 11.6 Å². The molecule has 108 valence electrons. The van der Waals surface area contributed by atoms with Gasteiger partial charge in [-0.05, 0) is 29.8 Å². The third-order valence-corrected chi connectivity index (χ3v) is 3.80. The van der Waals surface area contributed by atoms with Crippen LogP contribution < -0.4 is 10.5 Å². The van der Waals surface area contributed by atoms with Crippen LogP contribution in [0.3, 0.4) is 0 Å². The molecular formula is C15H10BrF2NO2. The minimum Gasteiger partial charge on any atom is -0.492 e. The first kappa shape index (κ1) is 14.0. The normalized spacial score (nSPS) is 12.9. The largest absolute Gasteiger partial charge is 0.492 e. The van der Waals surface area contributed by atoms with E-state index in [-0.39, 0.29) is 11.3 Å². The molecule has 3 rings (SSSR count). The molecule has 0 aromatic heterocycles. The van der Waals surface area contributed by atoms with Gasteiger partial charge in [-0.25, -0.2) is 8.78 Å². The number of fused-ring (bicyclic) bond motifs is 1. The van der Waals surface area contributed by atoms with Crippen LogP contribution in [-0.2, 0) is 6.42 Å². The molecule has 1 aliphatic rings.